The highest BCUT2D eigenvalue weighted by molar-refractivity contribution is 7.08. The van der Waals surface area contributed by atoms with E-state index in [4.69, 9.17) is 0 Å². The van der Waals surface area contributed by atoms with Crippen molar-refractivity contribution in [1.29, 1.82) is 0 Å². The number of carboxylic acids is 1. The number of nitrogens with zero attached hydrogens (tertiary/aromatic N) is 6. The number of carboxylic acid groups (broad SMARTS) is 1. The first kappa shape index (κ1) is 22.6. The summed E-state index contributed by atoms with van der Waals surface area (Å²) in [6.45, 7) is 6.49. The van der Waals surface area contributed by atoms with Crippen molar-refractivity contribution >= 4 is 46.1 Å². The van der Waals surface area contributed by atoms with Crippen LogP contribution in [0.2, 0.25) is 0 Å². The van der Waals surface area contributed by atoms with Gasteiger partial charge in [-0.05, 0) is 44.0 Å². The standard InChI is InChI=1S/C23H21N7O4S/c1-11-4-5-16(26-13(11)3)27-21(32)14-7-29(8-14)17-6-12(2)18-19(31)15(22(33)34)9-30(20(18)28-17)23-24-10-25-35-23/h4-6,9-10,14H,7-8H2,1-3H3,(H,33,34)(H,26,27,32). The number of carbonyl (C=O) groups excluding carboxylic acids is 1. The first-order valence-corrected chi connectivity index (χ1v) is 11.6. The summed E-state index contributed by atoms with van der Waals surface area (Å²) in [7, 11) is 0. The van der Waals surface area contributed by atoms with Gasteiger partial charge in [0.1, 0.15) is 23.5 Å². The van der Waals surface area contributed by atoms with E-state index in [1.165, 1.54) is 17.1 Å². The molecule has 178 valence electrons. The molecule has 0 atom stereocenters. The molecule has 0 bridgehead atoms. The second-order valence-corrected chi connectivity index (χ2v) is 9.22. The predicted molar refractivity (Wildman–Crippen MR) is 131 cm³/mol. The summed E-state index contributed by atoms with van der Waals surface area (Å²) >= 11 is 1.06. The number of amides is 1. The van der Waals surface area contributed by atoms with E-state index in [2.05, 4.69) is 24.6 Å². The van der Waals surface area contributed by atoms with Gasteiger partial charge in [-0.2, -0.15) is 4.37 Å². The Morgan fingerprint density at radius 1 is 1.14 bits per heavy atom. The maximum Gasteiger partial charge on any atom is 0.341 e. The number of hydrogen-bond donors (Lipinski definition) is 2. The highest BCUT2D eigenvalue weighted by Gasteiger charge is 2.34. The molecule has 0 aliphatic carbocycles. The van der Waals surface area contributed by atoms with Crippen LogP contribution < -0.4 is 15.6 Å². The van der Waals surface area contributed by atoms with Crippen LogP contribution in [0.3, 0.4) is 0 Å². The van der Waals surface area contributed by atoms with Crippen LogP contribution >= 0.6 is 11.5 Å². The third-order valence-corrected chi connectivity index (χ3v) is 6.77. The summed E-state index contributed by atoms with van der Waals surface area (Å²) in [4.78, 5) is 52.4. The Labute approximate surface area is 203 Å². The highest BCUT2D eigenvalue weighted by atomic mass is 32.1. The molecule has 0 spiro atoms. The van der Waals surface area contributed by atoms with Crippen LogP contribution in [0.4, 0.5) is 11.6 Å². The van der Waals surface area contributed by atoms with Crippen molar-refractivity contribution in [2.24, 2.45) is 5.92 Å². The number of carbonyl (C=O) groups is 2. The molecule has 5 heterocycles. The van der Waals surface area contributed by atoms with Crippen LogP contribution in [0.25, 0.3) is 16.2 Å². The van der Waals surface area contributed by atoms with E-state index in [0.29, 0.717) is 41.1 Å². The predicted octanol–water partition coefficient (Wildman–Crippen LogP) is 2.33. The van der Waals surface area contributed by atoms with Gasteiger partial charge in [0.05, 0.1) is 11.3 Å². The monoisotopic (exact) mass is 491 g/mol. The second kappa shape index (κ2) is 8.55. The van der Waals surface area contributed by atoms with E-state index in [9.17, 15) is 19.5 Å². The number of hydrogen-bond acceptors (Lipinski definition) is 9. The highest BCUT2D eigenvalue weighted by Crippen LogP contribution is 2.28. The fourth-order valence-electron chi connectivity index (χ4n) is 3.97. The van der Waals surface area contributed by atoms with Gasteiger partial charge in [-0.3, -0.25) is 14.2 Å². The van der Waals surface area contributed by atoms with Crippen molar-refractivity contribution in [2.45, 2.75) is 20.8 Å². The van der Waals surface area contributed by atoms with E-state index >= 15 is 0 Å². The molecule has 1 saturated heterocycles. The molecule has 1 amide bonds. The van der Waals surface area contributed by atoms with E-state index in [-0.39, 0.29) is 22.8 Å². The number of aromatic carboxylic acids is 1. The smallest absolute Gasteiger partial charge is 0.341 e. The number of fused-ring (bicyclic) bond motifs is 1. The molecule has 4 aromatic rings. The van der Waals surface area contributed by atoms with Crippen molar-refractivity contribution in [2.75, 3.05) is 23.3 Å². The molecule has 0 radical (unpaired) electrons. The molecule has 35 heavy (non-hydrogen) atoms. The van der Waals surface area contributed by atoms with Crippen molar-refractivity contribution in [3.05, 3.63) is 63.3 Å². The molecular weight excluding hydrogens is 470 g/mol. The summed E-state index contributed by atoms with van der Waals surface area (Å²) < 4.78 is 5.46. The van der Waals surface area contributed by atoms with Crippen LogP contribution in [0, 0.1) is 26.7 Å². The quantitative estimate of drug-likeness (QED) is 0.430. The first-order valence-electron chi connectivity index (χ1n) is 10.8. The first-order chi connectivity index (χ1) is 16.7. The van der Waals surface area contributed by atoms with Gasteiger partial charge >= 0.3 is 5.97 Å². The number of nitrogens with one attached hydrogen (secondary N) is 1. The Kier molecular flexibility index (Phi) is 5.52. The molecule has 12 heteroatoms. The molecule has 0 saturated carbocycles. The lowest BCUT2D eigenvalue weighted by Crippen LogP contribution is -2.52. The van der Waals surface area contributed by atoms with Crippen molar-refractivity contribution < 1.29 is 14.7 Å². The zero-order chi connectivity index (χ0) is 24.9. The SMILES string of the molecule is Cc1ccc(NC(=O)C2CN(c3cc(C)c4c(=O)c(C(=O)O)cn(-c5ncns5)c4n3)C2)nc1C. The molecule has 11 nitrogen and oxygen atoms in total. The van der Waals surface area contributed by atoms with Crippen LogP contribution in [-0.2, 0) is 4.79 Å². The molecule has 0 unspecified atom stereocenters. The van der Waals surface area contributed by atoms with Crippen molar-refractivity contribution in [3.8, 4) is 5.13 Å². The second-order valence-electron chi connectivity index (χ2n) is 8.46. The van der Waals surface area contributed by atoms with Crippen molar-refractivity contribution in [3.63, 3.8) is 0 Å². The summed E-state index contributed by atoms with van der Waals surface area (Å²) in [5, 5.41) is 13.0. The Morgan fingerprint density at radius 3 is 2.57 bits per heavy atom. The summed E-state index contributed by atoms with van der Waals surface area (Å²) in [6, 6.07) is 5.43. The maximum absolute atomic E-state index is 12.9. The van der Waals surface area contributed by atoms with Crippen LogP contribution in [0.1, 0.15) is 27.2 Å². The van der Waals surface area contributed by atoms with Crippen LogP contribution in [0.15, 0.2) is 35.5 Å². The normalized spacial score (nSPS) is 13.6. The number of pyridine rings is 3. The van der Waals surface area contributed by atoms with Crippen molar-refractivity contribution in [1.82, 2.24) is 23.9 Å². The van der Waals surface area contributed by atoms with Gasteiger partial charge in [-0.1, -0.05) is 6.07 Å². The summed E-state index contributed by atoms with van der Waals surface area (Å²) in [5.41, 5.74) is 1.82. The largest absolute Gasteiger partial charge is 0.477 e. The van der Waals surface area contributed by atoms with Gasteiger partial charge in [0, 0.05) is 36.5 Å². The number of aryl methyl sites for hydroxylation is 3. The minimum atomic E-state index is -1.33. The van der Waals surface area contributed by atoms with Gasteiger partial charge < -0.3 is 15.3 Å². The average Bonchev–Trinajstić information content (AvgIpc) is 3.29. The lowest BCUT2D eigenvalue weighted by Gasteiger charge is -2.39. The zero-order valence-corrected chi connectivity index (χ0v) is 20.0. The minimum absolute atomic E-state index is 0.119. The van der Waals surface area contributed by atoms with E-state index in [1.54, 1.807) is 19.1 Å². The number of aromatic nitrogens is 5. The maximum atomic E-state index is 12.9. The third kappa shape index (κ3) is 4.01. The van der Waals surface area contributed by atoms with E-state index in [0.717, 1.165) is 22.8 Å². The van der Waals surface area contributed by atoms with Gasteiger partial charge in [-0.15, -0.1) is 0 Å². The molecule has 0 aromatic carbocycles. The molecule has 1 aliphatic rings. The van der Waals surface area contributed by atoms with E-state index < -0.39 is 11.4 Å². The zero-order valence-electron chi connectivity index (χ0n) is 19.1. The Morgan fingerprint density at radius 2 is 1.91 bits per heavy atom. The number of anilines is 2. The molecule has 4 aromatic heterocycles. The lowest BCUT2D eigenvalue weighted by molar-refractivity contribution is -0.120. The fourth-order valence-corrected chi connectivity index (χ4v) is 4.48. The van der Waals surface area contributed by atoms with Gasteiger partial charge in [0.2, 0.25) is 16.5 Å². The Bertz CT molecular complexity index is 1540. The third-order valence-electron chi connectivity index (χ3n) is 6.11. The van der Waals surface area contributed by atoms with Gasteiger partial charge in [-0.25, -0.2) is 19.7 Å². The summed E-state index contributed by atoms with van der Waals surface area (Å²) in [5.74, 6) is -0.577. The molecule has 5 rings (SSSR count). The molecule has 2 N–H and O–H groups in total. The average molecular weight is 492 g/mol. The van der Waals surface area contributed by atoms with E-state index in [1.807, 2.05) is 24.8 Å². The molecule has 1 aliphatic heterocycles. The Balaban J connectivity index is 1.44. The number of rotatable bonds is 5. The lowest BCUT2D eigenvalue weighted by atomic mass is 9.98. The Hall–Kier alpha value is -4.19. The van der Waals surface area contributed by atoms with Gasteiger partial charge in [0.25, 0.3) is 0 Å². The fraction of sp³-hybridized carbons (Fsp3) is 0.261. The minimum Gasteiger partial charge on any atom is -0.477 e. The summed E-state index contributed by atoms with van der Waals surface area (Å²) in [6.07, 6.45) is 2.58. The molecular formula is C23H21N7O4S. The topological polar surface area (TPSA) is 143 Å². The van der Waals surface area contributed by atoms with Crippen LogP contribution in [-0.4, -0.2) is 54.0 Å². The van der Waals surface area contributed by atoms with Crippen LogP contribution in [0.5, 0.6) is 0 Å². The molecule has 1 fully saturated rings. The van der Waals surface area contributed by atoms with Gasteiger partial charge in [0.15, 0.2) is 5.65 Å².